The molecule has 0 bridgehead atoms. The predicted molar refractivity (Wildman–Crippen MR) is 95.5 cm³/mol. The minimum absolute atomic E-state index is 0.142. The summed E-state index contributed by atoms with van der Waals surface area (Å²) in [5.74, 6) is 1.29. The monoisotopic (exact) mass is 338 g/mol. The number of nitrogens with one attached hydrogen (secondary N) is 1. The van der Waals surface area contributed by atoms with Gasteiger partial charge < -0.3 is 24.4 Å². The standard InChI is InChI=1S/C18H30N2O4/c1-6-20(7-2)11-9-8-10-19-18(21)14-12-15(22-3)17(24-5)16(13-14)23-4/h12-13H,6-11H2,1-5H3,(H,19,21). The summed E-state index contributed by atoms with van der Waals surface area (Å²) < 4.78 is 15.8. The lowest BCUT2D eigenvalue weighted by Crippen LogP contribution is -2.27. The van der Waals surface area contributed by atoms with Crippen molar-refractivity contribution in [3.05, 3.63) is 17.7 Å². The van der Waals surface area contributed by atoms with E-state index in [1.165, 1.54) is 21.3 Å². The molecule has 0 unspecified atom stereocenters. The second-order valence-corrected chi connectivity index (χ2v) is 5.40. The Balaban J connectivity index is 2.59. The molecule has 1 N–H and O–H groups in total. The van der Waals surface area contributed by atoms with Gasteiger partial charge in [-0.1, -0.05) is 13.8 Å². The predicted octanol–water partition coefficient (Wildman–Crippen LogP) is 2.56. The van der Waals surface area contributed by atoms with Crippen LogP contribution in [0.3, 0.4) is 0 Å². The lowest BCUT2D eigenvalue weighted by molar-refractivity contribution is 0.0951. The molecular formula is C18H30N2O4. The van der Waals surface area contributed by atoms with Gasteiger partial charge in [-0.05, 0) is 44.6 Å². The number of carbonyl (C=O) groups is 1. The molecule has 136 valence electrons. The molecule has 0 aliphatic carbocycles. The number of methoxy groups -OCH3 is 3. The van der Waals surface area contributed by atoms with E-state index < -0.39 is 0 Å². The number of benzene rings is 1. The van der Waals surface area contributed by atoms with Crippen LogP contribution in [0.2, 0.25) is 0 Å². The molecule has 1 aromatic carbocycles. The fourth-order valence-corrected chi connectivity index (χ4v) is 2.52. The van der Waals surface area contributed by atoms with Crippen molar-refractivity contribution in [3.8, 4) is 17.2 Å². The minimum Gasteiger partial charge on any atom is -0.493 e. The van der Waals surface area contributed by atoms with Gasteiger partial charge in [0.1, 0.15) is 0 Å². The zero-order valence-corrected chi connectivity index (χ0v) is 15.5. The first-order valence-electron chi connectivity index (χ1n) is 8.41. The van der Waals surface area contributed by atoms with Crippen molar-refractivity contribution >= 4 is 5.91 Å². The van der Waals surface area contributed by atoms with Crippen LogP contribution in [0, 0.1) is 0 Å². The fraction of sp³-hybridized carbons (Fsp3) is 0.611. The van der Waals surface area contributed by atoms with Gasteiger partial charge in [0, 0.05) is 12.1 Å². The van der Waals surface area contributed by atoms with Gasteiger partial charge in [0.2, 0.25) is 5.75 Å². The van der Waals surface area contributed by atoms with E-state index in [0.717, 1.165) is 32.5 Å². The number of hydrogen-bond acceptors (Lipinski definition) is 5. The number of unbranched alkanes of at least 4 members (excludes halogenated alkanes) is 1. The van der Waals surface area contributed by atoms with Gasteiger partial charge in [0.05, 0.1) is 21.3 Å². The molecule has 0 aliphatic rings. The van der Waals surface area contributed by atoms with Crippen LogP contribution in [-0.2, 0) is 0 Å². The normalized spacial score (nSPS) is 10.6. The molecular weight excluding hydrogens is 308 g/mol. The zero-order valence-electron chi connectivity index (χ0n) is 15.5. The van der Waals surface area contributed by atoms with Crippen molar-refractivity contribution in [2.45, 2.75) is 26.7 Å². The lowest BCUT2D eigenvalue weighted by Gasteiger charge is -2.17. The van der Waals surface area contributed by atoms with Gasteiger partial charge in [-0.2, -0.15) is 0 Å². The van der Waals surface area contributed by atoms with Crippen LogP contribution in [0.4, 0.5) is 0 Å². The second kappa shape index (κ2) is 10.8. The first-order chi connectivity index (χ1) is 11.6. The second-order valence-electron chi connectivity index (χ2n) is 5.40. The fourth-order valence-electron chi connectivity index (χ4n) is 2.52. The van der Waals surface area contributed by atoms with Crippen LogP contribution in [0.1, 0.15) is 37.0 Å². The van der Waals surface area contributed by atoms with E-state index in [4.69, 9.17) is 14.2 Å². The molecule has 0 aliphatic heterocycles. The van der Waals surface area contributed by atoms with Crippen molar-refractivity contribution in [2.75, 3.05) is 47.5 Å². The van der Waals surface area contributed by atoms with Crippen molar-refractivity contribution in [1.82, 2.24) is 10.2 Å². The molecule has 6 heteroatoms. The van der Waals surface area contributed by atoms with Crippen LogP contribution in [0.15, 0.2) is 12.1 Å². The molecule has 0 heterocycles. The number of nitrogens with zero attached hydrogens (tertiary/aromatic N) is 1. The summed E-state index contributed by atoms with van der Waals surface area (Å²) in [6, 6.07) is 3.32. The average molecular weight is 338 g/mol. The van der Waals surface area contributed by atoms with Crippen LogP contribution < -0.4 is 19.5 Å². The highest BCUT2D eigenvalue weighted by Crippen LogP contribution is 2.38. The van der Waals surface area contributed by atoms with Gasteiger partial charge in [0.15, 0.2) is 11.5 Å². The van der Waals surface area contributed by atoms with Crippen molar-refractivity contribution in [1.29, 1.82) is 0 Å². The molecule has 0 atom stereocenters. The summed E-state index contributed by atoms with van der Waals surface area (Å²) in [6.45, 7) is 8.16. The summed E-state index contributed by atoms with van der Waals surface area (Å²) >= 11 is 0. The highest BCUT2D eigenvalue weighted by atomic mass is 16.5. The Labute approximate surface area is 145 Å². The molecule has 0 aromatic heterocycles. The maximum atomic E-state index is 12.3. The largest absolute Gasteiger partial charge is 0.493 e. The Kier molecular flexibility index (Phi) is 9.01. The molecule has 6 nitrogen and oxygen atoms in total. The van der Waals surface area contributed by atoms with E-state index >= 15 is 0 Å². The molecule has 1 amide bonds. The van der Waals surface area contributed by atoms with Gasteiger partial charge in [-0.25, -0.2) is 0 Å². The quantitative estimate of drug-likeness (QED) is 0.628. The van der Waals surface area contributed by atoms with E-state index in [1.807, 2.05) is 0 Å². The van der Waals surface area contributed by atoms with Crippen molar-refractivity contribution < 1.29 is 19.0 Å². The van der Waals surface area contributed by atoms with Gasteiger partial charge >= 0.3 is 0 Å². The van der Waals surface area contributed by atoms with E-state index in [9.17, 15) is 4.79 Å². The third-order valence-electron chi connectivity index (χ3n) is 4.01. The molecule has 0 fully saturated rings. The number of ether oxygens (including phenoxy) is 3. The molecule has 24 heavy (non-hydrogen) atoms. The lowest BCUT2D eigenvalue weighted by atomic mass is 10.1. The average Bonchev–Trinajstić information content (AvgIpc) is 2.63. The molecule has 0 spiro atoms. The van der Waals surface area contributed by atoms with E-state index in [0.29, 0.717) is 29.4 Å². The number of rotatable bonds is 11. The Hall–Kier alpha value is -1.95. The Morgan fingerprint density at radius 1 is 1.00 bits per heavy atom. The topological polar surface area (TPSA) is 60.0 Å². The molecule has 1 rings (SSSR count). The van der Waals surface area contributed by atoms with Crippen molar-refractivity contribution in [3.63, 3.8) is 0 Å². The number of carbonyl (C=O) groups excluding carboxylic acids is 1. The highest BCUT2D eigenvalue weighted by Gasteiger charge is 2.16. The molecule has 0 saturated heterocycles. The SMILES string of the molecule is CCN(CC)CCCCNC(=O)c1cc(OC)c(OC)c(OC)c1. The van der Waals surface area contributed by atoms with Gasteiger partial charge in [0.25, 0.3) is 5.91 Å². The van der Waals surface area contributed by atoms with Crippen molar-refractivity contribution in [2.24, 2.45) is 0 Å². The molecule has 0 saturated carbocycles. The highest BCUT2D eigenvalue weighted by molar-refractivity contribution is 5.95. The maximum Gasteiger partial charge on any atom is 0.251 e. The van der Waals surface area contributed by atoms with E-state index in [2.05, 4.69) is 24.1 Å². The maximum absolute atomic E-state index is 12.3. The van der Waals surface area contributed by atoms with E-state index in [1.54, 1.807) is 12.1 Å². The van der Waals surface area contributed by atoms with Crippen LogP contribution in [-0.4, -0.2) is 58.3 Å². The smallest absolute Gasteiger partial charge is 0.251 e. The first-order valence-corrected chi connectivity index (χ1v) is 8.41. The minimum atomic E-state index is -0.142. The van der Waals surface area contributed by atoms with E-state index in [-0.39, 0.29) is 5.91 Å². The summed E-state index contributed by atoms with van der Waals surface area (Å²) in [6.07, 6.45) is 2.02. The number of amides is 1. The zero-order chi connectivity index (χ0) is 17.9. The Morgan fingerprint density at radius 2 is 1.58 bits per heavy atom. The first kappa shape index (κ1) is 20.1. The summed E-state index contributed by atoms with van der Waals surface area (Å²) in [7, 11) is 4.61. The number of hydrogen-bond donors (Lipinski definition) is 1. The van der Waals surface area contributed by atoms with Gasteiger partial charge in [-0.3, -0.25) is 4.79 Å². The van der Waals surface area contributed by atoms with Gasteiger partial charge in [-0.15, -0.1) is 0 Å². The summed E-state index contributed by atoms with van der Waals surface area (Å²) in [5, 5.41) is 2.94. The Morgan fingerprint density at radius 3 is 2.04 bits per heavy atom. The Bertz CT molecular complexity index is 491. The van der Waals surface area contributed by atoms with Crippen LogP contribution in [0.5, 0.6) is 17.2 Å². The van der Waals surface area contributed by atoms with Crippen LogP contribution >= 0.6 is 0 Å². The summed E-state index contributed by atoms with van der Waals surface area (Å²) in [4.78, 5) is 14.7. The molecule has 1 aromatic rings. The third-order valence-corrected chi connectivity index (χ3v) is 4.01. The summed E-state index contributed by atoms with van der Waals surface area (Å²) in [5.41, 5.74) is 0.494. The van der Waals surface area contributed by atoms with Crippen LogP contribution in [0.25, 0.3) is 0 Å². The molecule has 0 radical (unpaired) electrons. The third kappa shape index (κ3) is 5.60.